The Hall–Kier alpha value is -3.67. The van der Waals surface area contributed by atoms with Crippen molar-refractivity contribution in [2.75, 3.05) is 18.4 Å². The molecule has 4 rings (SSSR count). The minimum absolute atomic E-state index is 0.00537. The molecule has 29 heavy (non-hydrogen) atoms. The Morgan fingerprint density at radius 3 is 2.55 bits per heavy atom. The average Bonchev–Trinajstić information content (AvgIpc) is 3.19. The maximum absolute atomic E-state index is 12.4. The van der Waals surface area contributed by atoms with Crippen LogP contribution in [0.25, 0.3) is 10.9 Å². The fourth-order valence-corrected chi connectivity index (χ4v) is 3.46. The minimum Gasteiger partial charge on any atom is -0.361 e. The van der Waals surface area contributed by atoms with Crippen molar-refractivity contribution in [1.29, 1.82) is 0 Å². The zero-order valence-corrected chi connectivity index (χ0v) is 16.0. The van der Waals surface area contributed by atoms with Gasteiger partial charge < -0.3 is 15.6 Å². The summed E-state index contributed by atoms with van der Waals surface area (Å²) in [5, 5.41) is 7.32. The zero-order valence-electron chi connectivity index (χ0n) is 16.0. The summed E-state index contributed by atoms with van der Waals surface area (Å²) in [6.07, 6.45) is 5.73. The van der Waals surface area contributed by atoms with E-state index in [0.29, 0.717) is 25.5 Å². The van der Waals surface area contributed by atoms with E-state index in [9.17, 15) is 4.79 Å². The van der Waals surface area contributed by atoms with Gasteiger partial charge in [0.1, 0.15) is 0 Å². The number of carbonyl (C=O) groups is 1. The first-order chi connectivity index (χ1) is 14.3. The quantitative estimate of drug-likeness (QED) is 0.432. The van der Waals surface area contributed by atoms with Gasteiger partial charge in [0.15, 0.2) is 0 Å². The Morgan fingerprint density at radius 1 is 0.966 bits per heavy atom. The molecule has 6 nitrogen and oxygen atoms in total. The predicted molar refractivity (Wildman–Crippen MR) is 115 cm³/mol. The van der Waals surface area contributed by atoms with E-state index in [4.69, 9.17) is 0 Å². The number of aromatic amines is 1. The van der Waals surface area contributed by atoms with Gasteiger partial charge >= 0.3 is 0 Å². The lowest BCUT2D eigenvalue weighted by Gasteiger charge is -2.18. The van der Waals surface area contributed by atoms with Gasteiger partial charge in [-0.05, 0) is 23.3 Å². The number of anilines is 1. The van der Waals surface area contributed by atoms with Crippen molar-refractivity contribution in [3.8, 4) is 0 Å². The van der Waals surface area contributed by atoms with Crippen LogP contribution in [0.2, 0.25) is 0 Å². The summed E-state index contributed by atoms with van der Waals surface area (Å²) in [5.41, 5.74) is 3.46. The number of para-hydroxylation sites is 1. The highest BCUT2D eigenvalue weighted by atomic mass is 16.1. The number of rotatable bonds is 8. The third-order valence-corrected chi connectivity index (χ3v) is 4.90. The summed E-state index contributed by atoms with van der Waals surface area (Å²) in [6.45, 7) is 1.02. The number of nitrogens with one attached hydrogen (secondary N) is 3. The van der Waals surface area contributed by atoms with Gasteiger partial charge in [0.2, 0.25) is 11.9 Å². The number of nitrogens with zero attached hydrogens (tertiary/aromatic N) is 2. The van der Waals surface area contributed by atoms with Crippen molar-refractivity contribution in [2.24, 2.45) is 0 Å². The van der Waals surface area contributed by atoms with E-state index >= 15 is 0 Å². The predicted octanol–water partition coefficient (Wildman–Crippen LogP) is 3.71. The van der Waals surface area contributed by atoms with Crippen LogP contribution in [-0.2, 0) is 4.79 Å². The standard InChI is InChI=1S/C23H23N5O/c29-22(11-14-26-23-24-12-6-13-25-23)28-15-19(17-7-2-1-3-8-17)20-16-27-21-10-5-4-9-18(20)21/h1-10,12-13,16,19,27H,11,14-15H2,(H,28,29)(H,24,25,26)/t19-/m1/s1. The van der Waals surface area contributed by atoms with Crippen molar-refractivity contribution in [3.63, 3.8) is 0 Å². The zero-order chi connectivity index (χ0) is 19.9. The van der Waals surface area contributed by atoms with E-state index in [1.807, 2.05) is 36.5 Å². The molecule has 3 N–H and O–H groups in total. The summed E-state index contributed by atoms with van der Waals surface area (Å²) in [4.78, 5) is 23.9. The number of amides is 1. The highest BCUT2D eigenvalue weighted by Gasteiger charge is 2.18. The molecule has 0 aliphatic rings. The Labute approximate surface area is 169 Å². The van der Waals surface area contributed by atoms with Gasteiger partial charge in [0.05, 0.1) is 0 Å². The minimum atomic E-state index is -0.00537. The molecule has 1 atom stereocenters. The van der Waals surface area contributed by atoms with Crippen LogP contribution in [0.15, 0.2) is 79.3 Å². The molecule has 0 aliphatic carbocycles. The molecule has 0 saturated heterocycles. The lowest BCUT2D eigenvalue weighted by Crippen LogP contribution is -2.30. The van der Waals surface area contributed by atoms with Gasteiger partial charge in [-0.3, -0.25) is 4.79 Å². The van der Waals surface area contributed by atoms with Gasteiger partial charge in [0, 0.05) is 54.9 Å². The molecule has 0 saturated carbocycles. The molecule has 0 spiro atoms. The van der Waals surface area contributed by atoms with Crippen LogP contribution in [0, 0.1) is 0 Å². The molecule has 0 fully saturated rings. The van der Waals surface area contributed by atoms with Crippen LogP contribution in [0.4, 0.5) is 5.95 Å². The van der Waals surface area contributed by atoms with Gasteiger partial charge in [-0.1, -0.05) is 48.5 Å². The molecule has 4 aromatic rings. The number of aromatic nitrogens is 3. The highest BCUT2D eigenvalue weighted by molar-refractivity contribution is 5.84. The topological polar surface area (TPSA) is 82.7 Å². The van der Waals surface area contributed by atoms with Crippen LogP contribution in [0.5, 0.6) is 0 Å². The first kappa shape index (κ1) is 18.7. The van der Waals surface area contributed by atoms with E-state index in [-0.39, 0.29) is 11.8 Å². The fraction of sp³-hybridized carbons (Fsp3) is 0.174. The molecule has 0 unspecified atom stereocenters. The molecular weight excluding hydrogens is 362 g/mol. The van der Waals surface area contributed by atoms with Crippen LogP contribution in [0.1, 0.15) is 23.5 Å². The van der Waals surface area contributed by atoms with E-state index in [0.717, 1.165) is 5.52 Å². The van der Waals surface area contributed by atoms with Crippen molar-refractivity contribution in [2.45, 2.75) is 12.3 Å². The van der Waals surface area contributed by atoms with E-state index in [1.165, 1.54) is 16.5 Å². The van der Waals surface area contributed by atoms with E-state index in [1.54, 1.807) is 18.5 Å². The molecule has 6 heteroatoms. The molecular formula is C23H23N5O. The first-order valence-corrected chi connectivity index (χ1v) is 9.70. The SMILES string of the molecule is O=C(CCNc1ncccn1)NC[C@H](c1ccccc1)c1c[nH]c2ccccc12. The highest BCUT2D eigenvalue weighted by Crippen LogP contribution is 2.30. The Balaban J connectivity index is 1.43. The normalized spacial score (nSPS) is 11.9. The maximum atomic E-state index is 12.4. The van der Waals surface area contributed by atoms with Gasteiger partial charge in [0.25, 0.3) is 0 Å². The summed E-state index contributed by atoms with van der Waals surface area (Å²) >= 11 is 0. The summed E-state index contributed by atoms with van der Waals surface area (Å²) in [7, 11) is 0. The lowest BCUT2D eigenvalue weighted by molar-refractivity contribution is -0.120. The van der Waals surface area contributed by atoms with Gasteiger partial charge in [-0.15, -0.1) is 0 Å². The first-order valence-electron chi connectivity index (χ1n) is 9.70. The van der Waals surface area contributed by atoms with Crippen LogP contribution in [-0.4, -0.2) is 33.9 Å². The lowest BCUT2D eigenvalue weighted by atomic mass is 9.91. The second kappa shape index (κ2) is 9.01. The third-order valence-electron chi connectivity index (χ3n) is 4.90. The van der Waals surface area contributed by atoms with Crippen molar-refractivity contribution >= 4 is 22.8 Å². The second-order valence-corrected chi connectivity index (χ2v) is 6.81. The Bertz CT molecular complexity index is 1060. The third kappa shape index (κ3) is 4.60. The molecule has 2 aromatic carbocycles. The Morgan fingerprint density at radius 2 is 1.72 bits per heavy atom. The number of H-pyrrole nitrogens is 1. The second-order valence-electron chi connectivity index (χ2n) is 6.81. The molecule has 2 heterocycles. The van der Waals surface area contributed by atoms with Crippen LogP contribution >= 0.6 is 0 Å². The molecule has 0 radical (unpaired) electrons. The van der Waals surface area contributed by atoms with Gasteiger partial charge in [-0.2, -0.15) is 0 Å². The molecule has 2 aromatic heterocycles. The number of fused-ring (bicyclic) bond motifs is 1. The van der Waals surface area contributed by atoms with E-state index in [2.05, 4.69) is 49.9 Å². The number of hydrogen-bond donors (Lipinski definition) is 3. The molecule has 146 valence electrons. The van der Waals surface area contributed by atoms with Crippen LogP contribution < -0.4 is 10.6 Å². The van der Waals surface area contributed by atoms with Crippen molar-refractivity contribution in [3.05, 3.63) is 90.4 Å². The van der Waals surface area contributed by atoms with Crippen molar-refractivity contribution in [1.82, 2.24) is 20.3 Å². The van der Waals surface area contributed by atoms with E-state index < -0.39 is 0 Å². The van der Waals surface area contributed by atoms with Crippen LogP contribution in [0.3, 0.4) is 0 Å². The molecule has 0 aliphatic heterocycles. The Kier molecular flexibility index (Phi) is 5.81. The fourth-order valence-electron chi connectivity index (χ4n) is 3.46. The summed E-state index contributed by atoms with van der Waals surface area (Å²) < 4.78 is 0. The number of benzene rings is 2. The van der Waals surface area contributed by atoms with Gasteiger partial charge in [-0.25, -0.2) is 9.97 Å². The summed E-state index contributed by atoms with van der Waals surface area (Å²) in [6, 6.07) is 20.3. The monoisotopic (exact) mass is 385 g/mol. The largest absolute Gasteiger partial charge is 0.361 e. The maximum Gasteiger partial charge on any atom is 0.222 e. The number of carbonyl (C=O) groups excluding carboxylic acids is 1. The van der Waals surface area contributed by atoms with Crippen molar-refractivity contribution < 1.29 is 4.79 Å². The summed E-state index contributed by atoms with van der Waals surface area (Å²) in [5.74, 6) is 0.595. The average molecular weight is 385 g/mol. The molecule has 1 amide bonds. The molecule has 0 bridgehead atoms. The smallest absolute Gasteiger partial charge is 0.222 e. The number of hydrogen-bond acceptors (Lipinski definition) is 4.